The molecule has 2 fully saturated rings. The lowest BCUT2D eigenvalue weighted by molar-refractivity contribution is 0.0243. The standard InChI is InChI=1S/C20H27NO3S/c1-16(21-11-13-24-14-12-21)19-8-7-18(15-20(19)9-10-20)25(22,23)17-5-3-2-4-6-17/h2-6,8,16,18H,7,9-15H2,1H3. The molecule has 2 atom stereocenters. The maximum atomic E-state index is 13.0. The summed E-state index contributed by atoms with van der Waals surface area (Å²) in [5.74, 6) is 0. The average Bonchev–Trinajstić information content (AvgIpc) is 3.42. The van der Waals surface area contributed by atoms with Gasteiger partial charge < -0.3 is 4.74 Å². The van der Waals surface area contributed by atoms with Crippen LogP contribution in [0.5, 0.6) is 0 Å². The first-order valence-corrected chi connectivity index (χ1v) is 10.9. The van der Waals surface area contributed by atoms with E-state index in [0.29, 0.717) is 17.4 Å². The fourth-order valence-electron chi connectivity index (χ4n) is 4.57. The summed E-state index contributed by atoms with van der Waals surface area (Å²) in [6, 6.07) is 9.33. The van der Waals surface area contributed by atoms with Crippen molar-refractivity contribution in [1.82, 2.24) is 4.90 Å². The Morgan fingerprint density at radius 1 is 1.16 bits per heavy atom. The third-order valence-electron chi connectivity index (χ3n) is 6.24. The van der Waals surface area contributed by atoms with Gasteiger partial charge >= 0.3 is 0 Å². The molecule has 3 aliphatic rings. The van der Waals surface area contributed by atoms with Gasteiger partial charge in [0, 0.05) is 19.1 Å². The van der Waals surface area contributed by atoms with Gasteiger partial charge in [0.05, 0.1) is 23.4 Å². The van der Waals surface area contributed by atoms with Gasteiger partial charge in [-0.2, -0.15) is 0 Å². The topological polar surface area (TPSA) is 46.6 Å². The van der Waals surface area contributed by atoms with Crippen molar-refractivity contribution < 1.29 is 13.2 Å². The number of hydrogen-bond acceptors (Lipinski definition) is 4. The van der Waals surface area contributed by atoms with Crippen LogP contribution >= 0.6 is 0 Å². The highest BCUT2D eigenvalue weighted by Gasteiger charge is 2.53. The highest BCUT2D eigenvalue weighted by Crippen LogP contribution is 2.60. The fourth-order valence-corrected chi connectivity index (χ4v) is 6.38. The number of morpholine rings is 1. The van der Waals surface area contributed by atoms with Crippen LogP contribution in [-0.4, -0.2) is 50.9 Å². The summed E-state index contributed by atoms with van der Waals surface area (Å²) >= 11 is 0. The Morgan fingerprint density at radius 3 is 2.48 bits per heavy atom. The summed E-state index contributed by atoms with van der Waals surface area (Å²) in [7, 11) is -3.25. The number of hydrogen-bond donors (Lipinski definition) is 0. The molecule has 1 aliphatic heterocycles. The average molecular weight is 362 g/mol. The Kier molecular flexibility index (Phi) is 4.50. The zero-order valence-corrected chi connectivity index (χ0v) is 15.7. The molecule has 0 bridgehead atoms. The molecule has 0 N–H and O–H groups in total. The summed E-state index contributed by atoms with van der Waals surface area (Å²) in [5, 5.41) is -0.280. The van der Waals surface area contributed by atoms with E-state index in [4.69, 9.17) is 4.74 Å². The van der Waals surface area contributed by atoms with Crippen molar-refractivity contribution in [3.05, 3.63) is 42.0 Å². The molecule has 2 unspecified atom stereocenters. The third-order valence-corrected chi connectivity index (χ3v) is 8.41. The van der Waals surface area contributed by atoms with Crippen LogP contribution < -0.4 is 0 Å². The van der Waals surface area contributed by atoms with Crippen molar-refractivity contribution in [1.29, 1.82) is 0 Å². The predicted molar refractivity (Wildman–Crippen MR) is 98.3 cm³/mol. The van der Waals surface area contributed by atoms with E-state index in [0.717, 1.165) is 45.6 Å². The van der Waals surface area contributed by atoms with Crippen molar-refractivity contribution in [3.63, 3.8) is 0 Å². The molecule has 1 spiro atoms. The van der Waals surface area contributed by atoms with Gasteiger partial charge in [0.1, 0.15) is 0 Å². The van der Waals surface area contributed by atoms with Gasteiger partial charge in [-0.1, -0.05) is 29.8 Å². The van der Waals surface area contributed by atoms with Crippen LogP contribution in [0.4, 0.5) is 0 Å². The van der Waals surface area contributed by atoms with Crippen LogP contribution in [0.2, 0.25) is 0 Å². The van der Waals surface area contributed by atoms with Crippen LogP contribution in [0.3, 0.4) is 0 Å². The molecule has 1 saturated heterocycles. The van der Waals surface area contributed by atoms with E-state index in [9.17, 15) is 8.42 Å². The first-order chi connectivity index (χ1) is 12.0. The fraction of sp³-hybridized carbons (Fsp3) is 0.600. The SMILES string of the molecule is CC(C1=CCC(S(=O)(=O)c2ccccc2)CC12CC2)N1CCOCC1. The maximum Gasteiger partial charge on any atom is 0.181 e. The van der Waals surface area contributed by atoms with Crippen LogP contribution in [0.15, 0.2) is 46.9 Å². The zero-order chi connectivity index (χ0) is 17.5. The molecule has 1 aromatic rings. The lowest BCUT2D eigenvalue weighted by Crippen LogP contribution is -2.45. The van der Waals surface area contributed by atoms with Crippen molar-refractivity contribution in [3.8, 4) is 0 Å². The van der Waals surface area contributed by atoms with Crippen LogP contribution in [-0.2, 0) is 14.6 Å². The Morgan fingerprint density at radius 2 is 1.84 bits per heavy atom. The van der Waals surface area contributed by atoms with Crippen LogP contribution in [0.25, 0.3) is 0 Å². The number of nitrogens with zero attached hydrogens (tertiary/aromatic N) is 1. The van der Waals surface area contributed by atoms with Crippen molar-refractivity contribution in [2.45, 2.75) is 48.8 Å². The smallest absolute Gasteiger partial charge is 0.181 e. The van der Waals surface area contributed by atoms with Gasteiger partial charge in [-0.05, 0) is 50.2 Å². The van der Waals surface area contributed by atoms with Gasteiger partial charge in [0.15, 0.2) is 9.84 Å². The van der Waals surface area contributed by atoms with Gasteiger partial charge in [-0.3, -0.25) is 4.90 Å². The summed E-state index contributed by atoms with van der Waals surface area (Å²) in [4.78, 5) is 2.95. The zero-order valence-electron chi connectivity index (χ0n) is 14.9. The molecule has 1 aromatic carbocycles. The molecule has 1 heterocycles. The van der Waals surface area contributed by atoms with Gasteiger partial charge in [-0.15, -0.1) is 0 Å². The van der Waals surface area contributed by atoms with Gasteiger partial charge in [0.2, 0.25) is 0 Å². The van der Waals surface area contributed by atoms with Crippen molar-refractivity contribution >= 4 is 9.84 Å². The van der Waals surface area contributed by atoms with Gasteiger partial charge in [-0.25, -0.2) is 8.42 Å². The van der Waals surface area contributed by atoms with Gasteiger partial charge in [0.25, 0.3) is 0 Å². The summed E-state index contributed by atoms with van der Waals surface area (Å²) < 4.78 is 31.5. The molecule has 0 amide bonds. The first-order valence-electron chi connectivity index (χ1n) is 9.34. The molecule has 0 aromatic heterocycles. The highest BCUT2D eigenvalue weighted by molar-refractivity contribution is 7.92. The lowest BCUT2D eigenvalue weighted by atomic mass is 9.80. The molecule has 0 radical (unpaired) electrons. The maximum absolute atomic E-state index is 13.0. The summed E-state index contributed by atoms with van der Waals surface area (Å²) in [6.07, 6.45) is 5.94. The minimum atomic E-state index is -3.25. The quantitative estimate of drug-likeness (QED) is 0.774. The van der Waals surface area contributed by atoms with Crippen LogP contribution in [0.1, 0.15) is 32.6 Å². The first kappa shape index (κ1) is 17.3. The number of allylic oxidation sites excluding steroid dienone is 1. The number of sulfone groups is 1. The molecular formula is C20H27NO3S. The Labute approximate surface area is 150 Å². The number of benzene rings is 1. The Hall–Kier alpha value is -1.17. The Balaban J connectivity index is 1.56. The predicted octanol–water partition coefficient (Wildman–Crippen LogP) is 3.05. The minimum Gasteiger partial charge on any atom is -0.379 e. The van der Waals surface area contributed by atoms with E-state index in [1.54, 1.807) is 12.1 Å². The Bertz CT molecular complexity index is 746. The highest BCUT2D eigenvalue weighted by atomic mass is 32.2. The number of ether oxygens (including phenoxy) is 1. The molecular weight excluding hydrogens is 334 g/mol. The second-order valence-electron chi connectivity index (χ2n) is 7.68. The molecule has 2 aliphatic carbocycles. The summed E-state index contributed by atoms with van der Waals surface area (Å²) in [5.41, 5.74) is 1.61. The van der Waals surface area contributed by atoms with Crippen LogP contribution in [0, 0.1) is 5.41 Å². The molecule has 4 nitrogen and oxygen atoms in total. The van der Waals surface area contributed by atoms with E-state index in [1.165, 1.54) is 5.57 Å². The molecule has 136 valence electrons. The third kappa shape index (κ3) is 3.18. The molecule has 4 rings (SSSR count). The van der Waals surface area contributed by atoms with E-state index in [-0.39, 0.29) is 10.7 Å². The normalized spacial score (nSPS) is 27.7. The summed E-state index contributed by atoms with van der Waals surface area (Å²) in [6.45, 7) is 5.83. The van der Waals surface area contributed by atoms with E-state index < -0.39 is 9.84 Å². The lowest BCUT2D eigenvalue weighted by Gasteiger charge is -2.39. The molecule has 25 heavy (non-hydrogen) atoms. The molecule has 1 saturated carbocycles. The van der Waals surface area contributed by atoms with E-state index in [1.807, 2.05) is 18.2 Å². The van der Waals surface area contributed by atoms with Crippen molar-refractivity contribution in [2.75, 3.05) is 26.3 Å². The second kappa shape index (κ2) is 6.53. The van der Waals surface area contributed by atoms with E-state index in [2.05, 4.69) is 17.9 Å². The monoisotopic (exact) mass is 361 g/mol. The minimum absolute atomic E-state index is 0.127. The number of rotatable bonds is 4. The second-order valence-corrected chi connectivity index (χ2v) is 9.91. The largest absolute Gasteiger partial charge is 0.379 e. The van der Waals surface area contributed by atoms with E-state index >= 15 is 0 Å². The van der Waals surface area contributed by atoms with Crippen molar-refractivity contribution in [2.24, 2.45) is 5.41 Å². The molecule has 5 heteroatoms.